The van der Waals surface area contributed by atoms with Gasteiger partial charge in [0, 0.05) is 18.0 Å². The van der Waals surface area contributed by atoms with E-state index < -0.39 is 6.11 Å². The van der Waals surface area contributed by atoms with E-state index in [2.05, 4.69) is 23.8 Å². The number of alkyl halides is 2. The van der Waals surface area contributed by atoms with Crippen LogP contribution in [0.3, 0.4) is 0 Å². The number of aromatic nitrogens is 2. The fraction of sp³-hybridized carbons (Fsp3) is 0.655. The molecule has 0 bridgehead atoms. The summed E-state index contributed by atoms with van der Waals surface area (Å²) in [4.78, 5) is 8.93. The quantitative estimate of drug-likeness (QED) is 0.190. The van der Waals surface area contributed by atoms with Crippen LogP contribution in [-0.4, -0.2) is 16.1 Å². The largest absolute Gasteiger partial charge is 0.433 e. The summed E-state index contributed by atoms with van der Waals surface area (Å²) in [7, 11) is 0. The van der Waals surface area contributed by atoms with Crippen LogP contribution in [0.5, 0.6) is 5.75 Å². The Kier molecular flexibility index (Phi) is 13.7. The number of hydrogen-bond acceptors (Lipinski definition) is 3. The molecule has 2 rings (SSSR count). The molecule has 0 amide bonds. The van der Waals surface area contributed by atoms with Crippen molar-refractivity contribution >= 4 is 0 Å². The number of unbranched alkanes of at least 4 members (excludes halogenated alkanes) is 12. The molecule has 0 fully saturated rings. The van der Waals surface area contributed by atoms with Crippen molar-refractivity contribution in [2.45, 2.75) is 123 Å². The second-order valence-electron chi connectivity index (χ2n) is 9.42. The number of aryl methyl sites for hydroxylation is 1. The van der Waals surface area contributed by atoms with Gasteiger partial charge in [0.15, 0.2) is 5.82 Å². The van der Waals surface area contributed by atoms with Gasteiger partial charge in [-0.15, -0.1) is 0 Å². The van der Waals surface area contributed by atoms with Crippen LogP contribution in [0.15, 0.2) is 36.7 Å². The topological polar surface area (TPSA) is 35.0 Å². The highest BCUT2D eigenvalue weighted by atomic mass is 19.3. The van der Waals surface area contributed by atoms with Gasteiger partial charge >= 0.3 is 6.11 Å². The Bertz CT molecular complexity index is 763. The van der Waals surface area contributed by atoms with Crippen LogP contribution in [0.25, 0.3) is 11.4 Å². The van der Waals surface area contributed by atoms with E-state index in [0.29, 0.717) is 12.2 Å². The highest BCUT2D eigenvalue weighted by Crippen LogP contribution is 2.28. The van der Waals surface area contributed by atoms with Crippen LogP contribution in [-0.2, 0) is 6.42 Å². The van der Waals surface area contributed by atoms with Crippen molar-refractivity contribution in [2.24, 2.45) is 0 Å². The molecule has 0 aliphatic heterocycles. The van der Waals surface area contributed by atoms with Gasteiger partial charge in [-0.2, -0.15) is 8.78 Å². The van der Waals surface area contributed by atoms with E-state index in [1.165, 1.54) is 57.8 Å². The number of benzene rings is 1. The molecule has 0 aliphatic carbocycles. The maximum absolute atomic E-state index is 14.2. The second kappa shape index (κ2) is 16.6. The average molecular weight is 475 g/mol. The SMILES string of the molecule is CCCCCCCCCCC(F)(F)Oc1ccc(-c2ncc(CCCCCCCC)cn2)cc1. The van der Waals surface area contributed by atoms with Crippen molar-refractivity contribution in [2.75, 3.05) is 0 Å². The molecule has 1 heterocycles. The summed E-state index contributed by atoms with van der Waals surface area (Å²) in [5, 5.41) is 0. The minimum absolute atomic E-state index is 0.174. The molecule has 5 heteroatoms. The van der Waals surface area contributed by atoms with Crippen molar-refractivity contribution in [3.05, 3.63) is 42.2 Å². The lowest BCUT2D eigenvalue weighted by atomic mass is 10.1. The van der Waals surface area contributed by atoms with Crippen molar-refractivity contribution in [3.63, 3.8) is 0 Å². The summed E-state index contributed by atoms with van der Waals surface area (Å²) in [5.41, 5.74) is 1.93. The predicted molar refractivity (Wildman–Crippen MR) is 137 cm³/mol. The second-order valence-corrected chi connectivity index (χ2v) is 9.42. The lowest BCUT2D eigenvalue weighted by Crippen LogP contribution is -2.24. The molecule has 3 nitrogen and oxygen atoms in total. The van der Waals surface area contributed by atoms with Gasteiger partial charge in [0.25, 0.3) is 0 Å². The number of hydrogen-bond donors (Lipinski definition) is 0. The molecule has 1 aromatic carbocycles. The summed E-state index contributed by atoms with van der Waals surface area (Å²) in [6, 6.07) is 6.63. The molecule has 190 valence electrons. The Labute approximate surface area is 205 Å². The summed E-state index contributed by atoms with van der Waals surface area (Å²) >= 11 is 0. The minimum atomic E-state index is -3.14. The Hall–Kier alpha value is -2.04. The number of nitrogens with zero attached hydrogens (tertiary/aromatic N) is 2. The van der Waals surface area contributed by atoms with Crippen molar-refractivity contribution in [3.8, 4) is 17.1 Å². The number of halogens is 2. The van der Waals surface area contributed by atoms with Gasteiger partial charge in [-0.05, 0) is 49.1 Å². The van der Waals surface area contributed by atoms with E-state index >= 15 is 0 Å². The molecule has 0 atom stereocenters. The Morgan fingerprint density at radius 2 is 1.18 bits per heavy atom. The maximum atomic E-state index is 14.2. The zero-order valence-corrected chi connectivity index (χ0v) is 21.3. The zero-order valence-electron chi connectivity index (χ0n) is 21.3. The zero-order chi connectivity index (χ0) is 24.5. The first-order chi connectivity index (χ1) is 16.5. The highest BCUT2D eigenvalue weighted by molar-refractivity contribution is 5.55. The van der Waals surface area contributed by atoms with Crippen molar-refractivity contribution in [1.82, 2.24) is 9.97 Å². The van der Waals surface area contributed by atoms with Gasteiger partial charge in [0.2, 0.25) is 0 Å². The standard InChI is InChI=1S/C29H44F2N2O/c1-3-5-7-9-11-12-14-16-22-29(30,31)34-27-20-18-26(19-21-27)28-32-23-25(24-33-28)17-15-13-10-8-6-4-2/h18-21,23-24H,3-17,22H2,1-2H3. The van der Waals surface area contributed by atoms with Gasteiger partial charge in [-0.25, -0.2) is 9.97 Å². The molecule has 34 heavy (non-hydrogen) atoms. The Balaban J connectivity index is 1.71. The summed E-state index contributed by atoms with van der Waals surface area (Å²) < 4.78 is 33.4. The predicted octanol–water partition coefficient (Wildman–Crippen LogP) is 9.55. The van der Waals surface area contributed by atoms with E-state index in [1.807, 2.05) is 12.4 Å². The first kappa shape index (κ1) is 28.2. The monoisotopic (exact) mass is 474 g/mol. The molecular weight excluding hydrogens is 430 g/mol. The molecule has 0 N–H and O–H groups in total. The summed E-state index contributed by atoms with van der Waals surface area (Å²) in [6.45, 7) is 4.42. The fourth-order valence-electron chi connectivity index (χ4n) is 4.10. The lowest BCUT2D eigenvalue weighted by molar-refractivity contribution is -0.181. The molecule has 0 radical (unpaired) electrons. The van der Waals surface area contributed by atoms with Crippen molar-refractivity contribution in [1.29, 1.82) is 0 Å². The molecule has 0 spiro atoms. The first-order valence-corrected chi connectivity index (χ1v) is 13.5. The van der Waals surface area contributed by atoms with Crippen LogP contribution in [0.4, 0.5) is 8.78 Å². The van der Waals surface area contributed by atoms with Gasteiger partial charge in [0.1, 0.15) is 5.75 Å². The molecule has 2 aromatic rings. The van der Waals surface area contributed by atoms with Gasteiger partial charge < -0.3 is 4.74 Å². The smallest absolute Gasteiger partial charge is 0.397 e. The fourth-order valence-corrected chi connectivity index (χ4v) is 4.10. The maximum Gasteiger partial charge on any atom is 0.397 e. The van der Waals surface area contributed by atoms with Crippen LogP contribution in [0.2, 0.25) is 0 Å². The number of ether oxygens (including phenoxy) is 1. The summed E-state index contributed by atoms with van der Waals surface area (Å²) in [5.74, 6) is 0.775. The van der Waals surface area contributed by atoms with Crippen LogP contribution >= 0.6 is 0 Å². The van der Waals surface area contributed by atoms with E-state index in [4.69, 9.17) is 4.74 Å². The molecular formula is C29H44F2N2O. The minimum Gasteiger partial charge on any atom is -0.433 e. The normalized spacial score (nSPS) is 11.6. The third-order valence-corrected chi connectivity index (χ3v) is 6.23. The molecule has 0 aliphatic rings. The van der Waals surface area contributed by atoms with Crippen LogP contribution in [0, 0.1) is 0 Å². The Morgan fingerprint density at radius 3 is 1.74 bits per heavy atom. The molecule has 0 unspecified atom stereocenters. The van der Waals surface area contributed by atoms with E-state index in [0.717, 1.165) is 43.2 Å². The third-order valence-electron chi connectivity index (χ3n) is 6.23. The van der Waals surface area contributed by atoms with Gasteiger partial charge in [-0.1, -0.05) is 90.9 Å². The first-order valence-electron chi connectivity index (χ1n) is 13.5. The summed E-state index contributed by atoms with van der Waals surface area (Å²) in [6.07, 6.45) is 17.4. The Morgan fingerprint density at radius 1 is 0.676 bits per heavy atom. The highest BCUT2D eigenvalue weighted by Gasteiger charge is 2.30. The van der Waals surface area contributed by atoms with Gasteiger partial charge in [-0.3, -0.25) is 0 Å². The third kappa shape index (κ3) is 11.9. The molecule has 0 saturated carbocycles. The van der Waals surface area contributed by atoms with Crippen LogP contribution < -0.4 is 4.74 Å². The van der Waals surface area contributed by atoms with E-state index in [1.54, 1.807) is 24.3 Å². The van der Waals surface area contributed by atoms with Crippen LogP contribution in [0.1, 0.15) is 116 Å². The average Bonchev–Trinajstić information content (AvgIpc) is 2.84. The molecule has 0 saturated heterocycles. The van der Waals surface area contributed by atoms with Crippen molar-refractivity contribution < 1.29 is 13.5 Å². The van der Waals surface area contributed by atoms with Gasteiger partial charge in [0.05, 0.1) is 6.42 Å². The van der Waals surface area contributed by atoms with E-state index in [-0.39, 0.29) is 12.2 Å². The lowest BCUT2D eigenvalue weighted by Gasteiger charge is -2.18. The van der Waals surface area contributed by atoms with E-state index in [9.17, 15) is 8.78 Å². The molecule has 1 aromatic heterocycles. The number of rotatable bonds is 19.